The van der Waals surface area contributed by atoms with E-state index in [1.165, 1.54) is 27.5 Å². The molecule has 0 saturated heterocycles. The molecule has 2 heterocycles. The molecule has 0 bridgehead atoms. The summed E-state index contributed by atoms with van der Waals surface area (Å²) in [7, 11) is 0. The molecule has 3 rings (SSSR count). The van der Waals surface area contributed by atoms with Crippen molar-refractivity contribution in [1.29, 1.82) is 0 Å². The van der Waals surface area contributed by atoms with Crippen molar-refractivity contribution < 1.29 is 4.42 Å². The van der Waals surface area contributed by atoms with Gasteiger partial charge < -0.3 is 0 Å². The van der Waals surface area contributed by atoms with E-state index in [1.54, 1.807) is 2.89 Å². The van der Waals surface area contributed by atoms with Gasteiger partial charge in [0.1, 0.15) is 0 Å². The van der Waals surface area contributed by atoms with E-state index in [0.717, 1.165) is 11.3 Å². The Hall–Kier alpha value is -0.871. The van der Waals surface area contributed by atoms with Crippen LogP contribution in [-0.4, -0.2) is 23.8 Å². The minimum atomic E-state index is -1.57. The Kier molecular flexibility index (Phi) is 4.41. The summed E-state index contributed by atoms with van der Waals surface area (Å²) in [4.78, 5) is 1.24. The van der Waals surface area contributed by atoms with Crippen LogP contribution in [0, 0.1) is 0 Å². The van der Waals surface area contributed by atoms with Crippen molar-refractivity contribution in [2.24, 2.45) is 0 Å². The molecule has 0 spiro atoms. The first-order valence-electron chi connectivity index (χ1n) is 7.05. The van der Waals surface area contributed by atoms with E-state index in [4.69, 9.17) is 4.42 Å². The van der Waals surface area contributed by atoms with Gasteiger partial charge in [-0.3, -0.25) is 0 Å². The Morgan fingerprint density at radius 1 is 1.20 bits per heavy atom. The number of fused-ring (bicyclic) bond motifs is 1. The van der Waals surface area contributed by atoms with Gasteiger partial charge in [0.2, 0.25) is 0 Å². The first-order chi connectivity index (χ1) is 9.78. The third-order valence-electron chi connectivity index (χ3n) is 3.45. The quantitative estimate of drug-likeness (QED) is 0.578. The molecule has 0 aliphatic rings. The van der Waals surface area contributed by atoms with Crippen LogP contribution >= 0.6 is 11.3 Å². The van der Waals surface area contributed by atoms with Gasteiger partial charge in [-0.2, -0.15) is 0 Å². The van der Waals surface area contributed by atoms with Gasteiger partial charge in [0.15, 0.2) is 0 Å². The second kappa shape index (κ2) is 6.27. The van der Waals surface area contributed by atoms with Crippen LogP contribution in [0.3, 0.4) is 0 Å². The molecular formula is C17H18OSSn. The molecule has 20 heavy (non-hydrogen) atoms. The number of hydrogen-bond donors (Lipinski definition) is 0. The summed E-state index contributed by atoms with van der Waals surface area (Å²) in [5.41, 5.74) is 0.969. The van der Waals surface area contributed by atoms with Crippen molar-refractivity contribution in [3.8, 4) is 10.6 Å². The van der Waals surface area contributed by atoms with Gasteiger partial charge in [-0.1, -0.05) is 0 Å². The van der Waals surface area contributed by atoms with Crippen molar-refractivity contribution in [2.45, 2.75) is 24.2 Å². The molecule has 0 amide bonds. The van der Waals surface area contributed by atoms with E-state index in [0.29, 0.717) is 0 Å². The molecule has 0 N–H and O–H groups in total. The Labute approximate surface area is 130 Å². The molecular weight excluding hydrogens is 371 g/mol. The van der Waals surface area contributed by atoms with Gasteiger partial charge in [0.25, 0.3) is 0 Å². The third kappa shape index (κ3) is 2.91. The molecule has 0 radical (unpaired) electrons. The van der Waals surface area contributed by atoms with Crippen LogP contribution in [0.25, 0.3) is 21.6 Å². The Morgan fingerprint density at radius 3 is 2.85 bits per heavy atom. The Bertz CT molecular complexity index is 705. The number of para-hydroxylation sites is 1. The zero-order chi connectivity index (χ0) is 13.9. The first-order valence-corrected chi connectivity index (χ1v) is 13.3. The molecule has 0 fully saturated rings. The van der Waals surface area contributed by atoms with Crippen LogP contribution in [0.5, 0.6) is 0 Å². The van der Waals surface area contributed by atoms with Crippen LogP contribution in [0.4, 0.5) is 0 Å². The number of furan rings is 1. The Balaban J connectivity index is 1.87. The summed E-state index contributed by atoms with van der Waals surface area (Å²) in [5, 5.41) is 1.18. The summed E-state index contributed by atoms with van der Waals surface area (Å²) in [6.07, 6.45) is 2.61. The van der Waals surface area contributed by atoms with Crippen LogP contribution in [0.1, 0.15) is 19.8 Å². The van der Waals surface area contributed by atoms with Gasteiger partial charge in [-0.05, 0) is 0 Å². The van der Waals surface area contributed by atoms with Crippen LogP contribution in [0.2, 0.25) is 4.44 Å². The summed E-state index contributed by atoms with van der Waals surface area (Å²) in [6, 6.07) is 14.8. The number of unbranched alkanes of at least 4 members (excludes halogenated alkanes) is 1. The molecule has 0 saturated carbocycles. The molecule has 102 valence electrons. The molecule has 1 aromatic carbocycles. The molecule has 3 aromatic rings. The van der Waals surface area contributed by atoms with E-state index in [2.05, 4.69) is 35.7 Å². The summed E-state index contributed by atoms with van der Waals surface area (Å²) in [6.45, 7) is 2.25. The maximum absolute atomic E-state index is 5.94. The second-order valence-electron chi connectivity index (χ2n) is 5.02. The second-order valence-corrected chi connectivity index (χ2v) is 13.5. The normalized spacial score (nSPS) is 11.1. The fourth-order valence-corrected chi connectivity index (χ4v) is 9.83. The van der Waals surface area contributed by atoms with Crippen molar-refractivity contribution in [2.75, 3.05) is 0 Å². The zero-order valence-electron chi connectivity index (χ0n) is 11.7. The number of thiophene rings is 1. The minimum absolute atomic E-state index is 0.969. The van der Waals surface area contributed by atoms with E-state index in [9.17, 15) is 0 Å². The monoisotopic (exact) mass is 390 g/mol. The topological polar surface area (TPSA) is 13.1 Å². The standard InChI is InChI=1S/C12H7OS.C4H9.CH2.Sn/c1-2-5-10-9(4-1)8-11(13-10)12-6-3-7-14-12;1-3-4-2;;/h1-6,8H;1,3-4H2,2H3;1H2;. The van der Waals surface area contributed by atoms with Gasteiger partial charge in [-0.15, -0.1) is 0 Å². The average molecular weight is 389 g/mol. The van der Waals surface area contributed by atoms with E-state index >= 15 is 0 Å². The molecule has 1 nitrogen and oxygen atoms in total. The third-order valence-corrected chi connectivity index (χ3v) is 12.4. The fourth-order valence-electron chi connectivity index (χ4n) is 2.28. The zero-order valence-corrected chi connectivity index (χ0v) is 15.4. The van der Waals surface area contributed by atoms with Gasteiger partial charge in [0.05, 0.1) is 0 Å². The number of benzene rings is 1. The maximum atomic E-state index is 5.94. The van der Waals surface area contributed by atoms with Gasteiger partial charge in [0, 0.05) is 0 Å². The Morgan fingerprint density at radius 2 is 2.05 bits per heavy atom. The first kappa shape index (κ1) is 14.1. The molecule has 0 atom stereocenters. The predicted octanol–water partition coefficient (Wildman–Crippen LogP) is 4.68. The van der Waals surface area contributed by atoms with E-state index in [1.807, 2.05) is 29.5 Å². The van der Waals surface area contributed by atoms with Crippen LogP contribution in [-0.2, 0) is 0 Å². The van der Waals surface area contributed by atoms with E-state index < -0.39 is 19.3 Å². The molecule has 3 heteroatoms. The van der Waals surface area contributed by atoms with Crippen molar-refractivity contribution in [1.82, 2.24) is 0 Å². The molecule has 0 aliphatic heterocycles. The van der Waals surface area contributed by atoms with Gasteiger partial charge in [-0.25, -0.2) is 0 Å². The summed E-state index contributed by atoms with van der Waals surface area (Å²) < 4.78 is 13.3. The van der Waals surface area contributed by atoms with Crippen molar-refractivity contribution >= 4 is 49.0 Å². The van der Waals surface area contributed by atoms with Crippen molar-refractivity contribution in [3.63, 3.8) is 0 Å². The SMILES string of the molecule is [CH2]=[Sn]([CH2]CCC)[c]1ccc(-c2cc3ccccc3o2)s1. The van der Waals surface area contributed by atoms with Gasteiger partial charge >= 0.3 is 131 Å². The van der Waals surface area contributed by atoms with Crippen molar-refractivity contribution in [3.05, 3.63) is 42.5 Å². The molecule has 2 aromatic heterocycles. The summed E-state index contributed by atoms with van der Waals surface area (Å²) >= 11 is 0.323. The summed E-state index contributed by atoms with van der Waals surface area (Å²) in [5.74, 6) is 0.995. The molecule has 0 aliphatic carbocycles. The van der Waals surface area contributed by atoms with E-state index in [-0.39, 0.29) is 0 Å². The molecule has 0 unspecified atom stereocenters. The average Bonchev–Trinajstić information content (AvgIpc) is 3.10. The van der Waals surface area contributed by atoms with Crippen LogP contribution in [0.15, 0.2) is 46.9 Å². The predicted molar refractivity (Wildman–Crippen MR) is 91.8 cm³/mol. The van der Waals surface area contributed by atoms with Crippen LogP contribution < -0.4 is 2.89 Å². The number of rotatable bonds is 5. The fraction of sp³-hybridized carbons (Fsp3) is 0.235. The number of hydrogen-bond acceptors (Lipinski definition) is 2.